The number of hydrogen-bond acceptors (Lipinski definition) is 3. The molecular formula is C30H35FN2O2S. The van der Waals surface area contributed by atoms with Crippen molar-refractivity contribution in [2.75, 3.05) is 5.75 Å². The van der Waals surface area contributed by atoms with Crippen LogP contribution in [0.15, 0.2) is 84.9 Å². The van der Waals surface area contributed by atoms with Crippen molar-refractivity contribution in [2.45, 2.75) is 57.5 Å². The Bertz CT molecular complexity index is 1090. The fourth-order valence-corrected chi connectivity index (χ4v) is 4.76. The highest BCUT2D eigenvalue weighted by molar-refractivity contribution is 7.98. The first-order valence-electron chi connectivity index (χ1n) is 12.5. The zero-order valence-electron chi connectivity index (χ0n) is 21.0. The minimum atomic E-state index is -0.743. The second-order valence-electron chi connectivity index (χ2n) is 8.92. The molecule has 0 fully saturated rings. The third-order valence-electron chi connectivity index (χ3n) is 6.14. The Morgan fingerprint density at radius 2 is 1.53 bits per heavy atom. The van der Waals surface area contributed by atoms with Gasteiger partial charge in [-0.15, -0.1) is 0 Å². The molecular weight excluding hydrogens is 471 g/mol. The van der Waals surface area contributed by atoms with Gasteiger partial charge in [-0.1, -0.05) is 85.8 Å². The van der Waals surface area contributed by atoms with Crippen LogP contribution in [0.2, 0.25) is 0 Å². The first-order valence-corrected chi connectivity index (χ1v) is 13.6. The lowest BCUT2D eigenvalue weighted by atomic mass is 10.0. The van der Waals surface area contributed by atoms with Crippen LogP contribution in [0.4, 0.5) is 4.39 Å². The quantitative estimate of drug-likeness (QED) is 0.289. The Morgan fingerprint density at radius 3 is 2.17 bits per heavy atom. The summed E-state index contributed by atoms with van der Waals surface area (Å²) >= 11 is 1.68. The Kier molecular flexibility index (Phi) is 11.0. The first-order chi connectivity index (χ1) is 17.5. The molecule has 3 aromatic rings. The highest BCUT2D eigenvalue weighted by atomic mass is 32.2. The van der Waals surface area contributed by atoms with Crippen molar-refractivity contribution in [2.24, 2.45) is 0 Å². The second-order valence-corrected chi connectivity index (χ2v) is 10.0. The summed E-state index contributed by atoms with van der Waals surface area (Å²) in [6, 6.07) is 25.4. The SMILES string of the molecule is CC[C@@H](C)NC(=O)[C@H](Cc1ccccc1)N(Cc1ccccc1F)C(=O)CCSCc1ccccc1. The summed E-state index contributed by atoms with van der Waals surface area (Å²) in [6.45, 7) is 3.99. The highest BCUT2D eigenvalue weighted by Gasteiger charge is 2.31. The molecule has 0 spiro atoms. The number of carbonyl (C=O) groups excluding carboxylic acids is 2. The molecule has 0 unspecified atom stereocenters. The summed E-state index contributed by atoms with van der Waals surface area (Å²) in [7, 11) is 0. The zero-order valence-corrected chi connectivity index (χ0v) is 21.8. The predicted octanol–water partition coefficient (Wildman–Crippen LogP) is 6.00. The Labute approximate surface area is 218 Å². The second kappa shape index (κ2) is 14.4. The first kappa shape index (κ1) is 27.5. The van der Waals surface area contributed by atoms with Crippen LogP contribution in [-0.2, 0) is 28.3 Å². The summed E-state index contributed by atoms with van der Waals surface area (Å²) in [6.07, 6.45) is 1.41. The number of thioether (sulfide) groups is 1. The molecule has 0 saturated carbocycles. The number of nitrogens with zero attached hydrogens (tertiary/aromatic N) is 1. The lowest BCUT2D eigenvalue weighted by Gasteiger charge is -2.32. The van der Waals surface area contributed by atoms with Gasteiger partial charge in [0.1, 0.15) is 11.9 Å². The van der Waals surface area contributed by atoms with E-state index >= 15 is 0 Å². The molecule has 0 aliphatic rings. The molecule has 6 heteroatoms. The van der Waals surface area contributed by atoms with Gasteiger partial charge >= 0.3 is 0 Å². The van der Waals surface area contributed by atoms with E-state index < -0.39 is 6.04 Å². The van der Waals surface area contributed by atoms with E-state index in [1.54, 1.807) is 34.9 Å². The molecule has 4 nitrogen and oxygen atoms in total. The van der Waals surface area contributed by atoms with Crippen LogP contribution in [0.1, 0.15) is 43.4 Å². The summed E-state index contributed by atoms with van der Waals surface area (Å²) < 4.78 is 14.6. The lowest BCUT2D eigenvalue weighted by Crippen LogP contribution is -2.52. The third kappa shape index (κ3) is 8.52. The Hall–Kier alpha value is -3.12. The Morgan fingerprint density at radius 1 is 0.917 bits per heavy atom. The van der Waals surface area contributed by atoms with Crippen LogP contribution in [0.5, 0.6) is 0 Å². The van der Waals surface area contributed by atoms with E-state index in [0.29, 0.717) is 17.7 Å². The van der Waals surface area contributed by atoms with Gasteiger partial charge in [0.05, 0.1) is 0 Å². The van der Waals surface area contributed by atoms with E-state index in [9.17, 15) is 14.0 Å². The van der Waals surface area contributed by atoms with Crippen molar-refractivity contribution in [1.82, 2.24) is 10.2 Å². The Balaban J connectivity index is 1.81. The normalized spacial score (nSPS) is 12.5. The smallest absolute Gasteiger partial charge is 0.243 e. The maximum Gasteiger partial charge on any atom is 0.243 e. The third-order valence-corrected chi connectivity index (χ3v) is 7.17. The molecule has 1 N–H and O–H groups in total. The molecule has 0 aliphatic carbocycles. The molecule has 190 valence electrons. The zero-order chi connectivity index (χ0) is 25.8. The van der Waals surface area contributed by atoms with Gasteiger partial charge in [0.15, 0.2) is 0 Å². The highest BCUT2D eigenvalue weighted by Crippen LogP contribution is 2.20. The summed E-state index contributed by atoms with van der Waals surface area (Å²) in [4.78, 5) is 28.6. The molecule has 0 radical (unpaired) electrons. The number of hydrogen-bond donors (Lipinski definition) is 1. The molecule has 3 rings (SSSR count). The molecule has 0 aliphatic heterocycles. The van der Waals surface area contributed by atoms with Crippen LogP contribution in [0, 0.1) is 5.82 Å². The van der Waals surface area contributed by atoms with Crippen molar-refractivity contribution >= 4 is 23.6 Å². The summed E-state index contributed by atoms with van der Waals surface area (Å²) in [5, 5.41) is 3.04. The maximum atomic E-state index is 14.6. The molecule has 2 atom stereocenters. The fraction of sp³-hybridized carbons (Fsp3) is 0.333. The number of halogens is 1. The van der Waals surface area contributed by atoms with Gasteiger partial charge in [0, 0.05) is 42.5 Å². The standard InChI is InChI=1S/C30H35FN2O2S/c1-3-23(2)32-30(35)28(20-24-12-6-4-7-13-24)33(21-26-16-10-11-17-27(26)31)29(34)18-19-36-22-25-14-8-5-9-15-25/h4-17,23,28H,3,18-22H2,1-2H3,(H,32,35)/t23-,28+/m1/s1. The molecule has 2 amide bonds. The average molecular weight is 507 g/mol. The van der Waals surface area contributed by atoms with E-state index in [1.165, 1.54) is 11.6 Å². The van der Waals surface area contributed by atoms with Gasteiger partial charge in [-0.25, -0.2) is 4.39 Å². The van der Waals surface area contributed by atoms with Crippen molar-refractivity contribution in [3.63, 3.8) is 0 Å². The van der Waals surface area contributed by atoms with Crippen molar-refractivity contribution in [3.05, 3.63) is 107 Å². The predicted molar refractivity (Wildman–Crippen MR) is 146 cm³/mol. The lowest BCUT2D eigenvalue weighted by molar-refractivity contribution is -0.141. The van der Waals surface area contributed by atoms with Crippen molar-refractivity contribution in [1.29, 1.82) is 0 Å². The van der Waals surface area contributed by atoms with Gasteiger partial charge < -0.3 is 10.2 Å². The molecule has 0 aromatic heterocycles. The van der Waals surface area contributed by atoms with E-state index in [4.69, 9.17) is 0 Å². The van der Waals surface area contributed by atoms with Crippen LogP contribution < -0.4 is 5.32 Å². The van der Waals surface area contributed by atoms with Crippen molar-refractivity contribution < 1.29 is 14.0 Å². The van der Waals surface area contributed by atoms with Gasteiger partial charge in [-0.3, -0.25) is 9.59 Å². The van der Waals surface area contributed by atoms with Gasteiger partial charge in [-0.05, 0) is 30.5 Å². The number of carbonyl (C=O) groups is 2. The average Bonchev–Trinajstić information content (AvgIpc) is 2.90. The van der Waals surface area contributed by atoms with E-state index in [0.717, 1.165) is 17.7 Å². The minimum absolute atomic E-state index is 0.0254. The molecule has 0 bridgehead atoms. The number of benzene rings is 3. The number of nitrogens with one attached hydrogen (secondary N) is 1. The number of rotatable bonds is 13. The summed E-state index contributed by atoms with van der Waals surface area (Å²) in [5.74, 6) is 0.680. The van der Waals surface area contributed by atoms with Crippen LogP contribution >= 0.6 is 11.8 Å². The van der Waals surface area contributed by atoms with Gasteiger partial charge in [-0.2, -0.15) is 11.8 Å². The number of amides is 2. The van der Waals surface area contributed by atoms with E-state index in [1.807, 2.05) is 62.4 Å². The van der Waals surface area contributed by atoms with Crippen molar-refractivity contribution in [3.8, 4) is 0 Å². The monoisotopic (exact) mass is 506 g/mol. The molecule has 0 saturated heterocycles. The minimum Gasteiger partial charge on any atom is -0.352 e. The van der Waals surface area contributed by atoms with Crippen LogP contribution in [-0.4, -0.2) is 34.6 Å². The fourth-order valence-electron chi connectivity index (χ4n) is 3.87. The van der Waals surface area contributed by atoms with Crippen LogP contribution in [0.3, 0.4) is 0 Å². The summed E-state index contributed by atoms with van der Waals surface area (Å²) in [5.41, 5.74) is 2.55. The topological polar surface area (TPSA) is 49.4 Å². The van der Waals surface area contributed by atoms with Gasteiger partial charge in [0.2, 0.25) is 11.8 Å². The van der Waals surface area contributed by atoms with E-state index in [2.05, 4.69) is 17.4 Å². The van der Waals surface area contributed by atoms with Crippen LogP contribution in [0.25, 0.3) is 0 Å². The molecule has 0 heterocycles. The largest absolute Gasteiger partial charge is 0.352 e. The maximum absolute atomic E-state index is 14.6. The van der Waals surface area contributed by atoms with Gasteiger partial charge in [0.25, 0.3) is 0 Å². The van der Waals surface area contributed by atoms with E-state index in [-0.39, 0.29) is 36.6 Å². The molecule has 36 heavy (non-hydrogen) atoms. The molecule has 3 aromatic carbocycles.